The average molecular weight is 408 g/mol. The topological polar surface area (TPSA) is 66.0 Å². The molecule has 6 nitrogen and oxygen atoms in total. The normalized spacial score (nSPS) is 15.3. The molecule has 0 fully saturated rings. The van der Waals surface area contributed by atoms with Gasteiger partial charge in [0.2, 0.25) is 12.7 Å². The van der Waals surface area contributed by atoms with Crippen molar-refractivity contribution in [2.75, 3.05) is 25.3 Å². The first-order valence-corrected chi connectivity index (χ1v) is 9.93. The van der Waals surface area contributed by atoms with Crippen molar-refractivity contribution in [2.45, 2.75) is 17.9 Å². The summed E-state index contributed by atoms with van der Waals surface area (Å²) in [4.78, 5) is 12.5. The lowest BCUT2D eigenvalue weighted by Crippen LogP contribution is -2.23. The third kappa shape index (κ3) is 4.04. The van der Waals surface area contributed by atoms with Crippen LogP contribution in [0.3, 0.4) is 0 Å². The second-order valence-electron chi connectivity index (χ2n) is 6.11. The molecule has 2 aromatic rings. The van der Waals surface area contributed by atoms with Crippen molar-refractivity contribution in [3.05, 3.63) is 40.9 Å². The Kier molecular flexibility index (Phi) is 5.22. The number of amides is 1. The number of hydrogen-bond donors (Lipinski definition) is 1. The third-order valence-electron chi connectivity index (χ3n) is 4.17. The van der Waals surface area contributed by atoms with E-state index in [4.69, 9.17) is 30.5 Å². The zero-order valence-corrected chi connectivity index (χ0v) is 16.2. The van der Waals surface area contributed by atoms with E-state index in [1.54, 1.807) is 18.2 Å². The quantitative estimate of drug-likeness (QED) is 0.804. The van der Waals surface area contributed by atoms with Crippen LogP contribution < -0.4 is 24.3 Å². The summed E-state index contributed by atoms with van der Waals surface area (Å²) >= 11 is 7.72. The molecule has 0 aliphatic carbocycles. The van der Waals surface area contributed by atoms with Crippen molar-refractivity contribution in [3.63, 3.8) is 0 Å². The Balaban J connectivity index is 1.35. The summed E-state index contributed by atoms with van der Waals surface area (Å²) < 4.78 is 21.7. The van der Waals surface area contributed by atoms with Gasteiger partial charge in [-0.25, -0.2) is 0 Å². The van der Waals surface area contributed by atoms with E-state index < -0.39 is 0 Å². The molecule has 142 valence electrons. The minimum absolute atomic E-state index is 0.0801. The Bertz CT molecular complexity index is 875. The van der Waals surface area contributed by atoms with Gasteiger partial charge in [0.1, 0.15) is 13.2 Å². The van der Waals surface area contributed by atoms with E-state index in [1.807, 2.05) is 19.1 Å². The molecular weight excluding hydrogens is 390 g/mol. The molecule has 0 aromatic heterocycles. The summed E-state index contributed by atoms with van der Waals surface area (Å²) in [5, 5.41) is 3.19. The summed E-state index contributed by atoms with van der Waals surface area (Å²) in [7, 11) is 0. The summed E-state index contributed by atoms with van der Waals surface area (Å²) in [5.74, 6) is 3.12. The number of benzene rings is 2. The molecule has 0 radical (unpaired) electrons. The number of nitrogens with one attached hydrogen (secondary N) is 1. The van der Waals surface area contributed by atoms with Crippen LogP contribution >= 0.6 is 23.4 Å². The van der Waals surface area contributed by atoms with Crippen molar-refractivity contribution in [1.29, 1.82) is 0 Å². The average Bonchev–Trinajstić information content (AvgIpc) is 3.15. The van der Waals surface area contributed by atoms with E-state index in [1.165, 1.54) is 11.8 Å². The number of fused-ring (bicyclic) bond motifs is 2. The van der Waals surface area contributed by atoms with Crippen molar-refractivity contribution < 1.29 is 23.7 Å². The molecule has 2 aliphatic rings. The standard InChI is InChI=1S/C19H18ClNO5S/c1-11(27-9-12-6-14(20)18-17(7-12)25-10-26-18)19(22)21-13-2-3-15-16(8-13)24-5-4-23-15/h2-3,6-8,11H,4-5,9-10H2,1H3,(H,21,22). The van der Waals surface area contributed by atoms with Gasteiger partial charge in [0.15, 0.2) is 23.0 Å². The van der Waals surface area contributed by atoms with Gasteiger partial charge < -0.3 is 24.3 Å². The maximum absolute atomic E-state index is 12.5. The molecular formula is C19H18ClNO5S. The van der Waals surface area contributed by atoms with Crippen molar-refractivity contribution in [3.8, 4) is 23.0 Å². The van der Waals surface area contributed by atoms with E-state index >= 15 is 0 Å². The minimum Gasteiger partial charge on any atom is -0.486 e. The number of rotatable bonds is 5. The molecule has 0 spiro atoms. The summed E-state index contributed by atoms with van der Waals surface area (Å²) in [5.41, 5.74) is 1.66. The molecule has 1 atom stereocenters. The lowest BCUT2D eigenvalue weighted by Gasteiger charge is -2.19. The number of hydrogen-bond acceptors (Lipinski definition) is 6. The zero-order valence-electron chi connectivity index (χ0n) is 14.6. The van der Waals surface area contributed by atoms with E-state index in [2.05, 4.69) is 5.32 Å². The molecule has 8 heteroatoms. The second kappa shape index (κ2) is 7.78. The fraction of sp³-hybridized carbons (Fsp3) is 0.316. The number of halogens is 1. The first-order chi connectivity index (χ1) is 13.1. The van der Waals surface area contributed by atoms with Crippen molar-refractivity contribution in [1.82, 2.24) is 0 Å². The summed E-state index contributed by atoms with van der Waals surface area (Å²) in [6.45, 7) is 3.09. The summed E-state index contributed by atoms with van der Waals surface area (Å²) in [6.07, 6.45) is 0. The van der Waals surface area contributed by atoms with Crippen LogP contribution in [0.25, 0.3) is 0 Å². The van der Waals surface area contributed by atoms with Crippen LogP contribution in [-0.4, -0.2) is 31.2 Å². The number of anilines is 1. The molecule has 1 unspecified atom stereocenters. The maximum atomic E-state index is 12.5. The molecule has 4 rings (SSSR count). The molecule has 2 aromatic carbocycles. The molecule has 1 N–H and O–H groups in total. The van der Waals surface area contributed by atoms with Crippen molar-refractivity contribution >= 4 is 35.0 Å². The van der Waals surface area contributed by atoms with Gasteiger partial charge in [0.25, 0.3) is 0 Å². The van der Waals surface area contributed by atoms with E-state index in [-0.39, 0.29) is 18.0 Å². The van der Waals surface area contributed by atoms with Gasteiger partial charge in [-0.3, -0.25) is 4.79 Å². The summed E-state index contributed by atoms with van der Waals surface area (Å²) in [6, 6.07) is 9.12. The highest BCUT2D eigenvalue weighted by Crippen LogP contribution is 2.40. The molecule has 2 aliphatic heterocycles. The monoisotopic (exact) mass is 407 g/mol. The Hall–Kier alpha value is -2.25. The second-order valence-corrected chi connectivity index (χ2v) is 7.85. The van der Waals surface area contributed by atoms with Gasteiger partial charge in [0.05, 0.1) is 10.3 Å². The molecule has 0 saturated heterocycles. The Morgan fingerprint density at radius 1 is 1.11 bits per heavy atom. The molecule has 2 heterocycles. The van der Waals surface area contributed by atoms with Crippen LogP contribution in [0.15, 0.2) is 30.3 Å². The van der Waals surface area contributed by atoms with Gasteiger partial charge in [-0.2, -0.15) is 0 Å². The fourth-order valence-electron chi connectivity index (χ4n) is 2.77. The molecule has 0 saturated carbocycles. The zero-order chi connectivity index (χ0) is 18.8. The van der Waals surface area contributed by atoms with Gasteiger partial charge in [-0.15, -0.1) is 11.8 Å². The Morgan fingerprint density at radius 2 is 1.93 bits per heavy atom. The van der Waals surface area contributed by atoms with Crippen LogP contribution in [0.1, 0.15) is 12.5 Å². The van der Waals surface area contributed by atoms with E-state index in [9.17, 15) is 4.79 Å². The number of carbonyl (C=O) groups is 1. The lowest BCUT2D eigenvalue weighted by atomic mass is 10.2. The highest BCUT2D eigenvalue weighted by molar-refractivity contribution is 7.99. The molecule has 27 heavy (non-hydrogen) atoms. The maximum Gasteiger partial charge on any atom is 0.237 e. The number of carbonyl (C=O) groups excluding carboxylic acids is 1. The van der Waals surface area contributed by atoms with Crippen LogP contribution in [-0.2, 0) is 10.5 Å². The number of thioether (sulfide) groups is 1. The van der Waals surface area contributed by atoms with E-state index in [0.29, 0.717) is 52.7 Å². The minimum atomic E-state index is -0.248. The first-order valence-electron chi connectivity index (χ1n) is 8.50. The predicted molar refractivity (Wildman–Crippen MR) is 104 cm³/mol. The van der Waals surface area contributed by atoms with Gasteiger partial charge in [-0.1, -0.05) is 11.6 Å². The first kappa shape index (κ1) is 18.1. The molecule has 1 amide bonds. The van der Waals surface area contributed by atoms with Gasteiger partial charge in [-0.05, 0) is 36.8 Å². The Labute approximate surface area is 166 Å². The largest absolute Gasteiger partial charge is 0.486 e. The third-order valence-corrected chi connectivity index (χ3v) is 5.66. The van der Waals surface area contributed by atoms with E-state index in [0.717, 1.165) is 5.56 Å². The SMILES string of the molecule is CC(SCc1cc(Cl)c2c(c1)OCO2)C(=O)Nc1ccc2c(c1)OCCO2. The van der Waals surface area contributed by atoms with Gasteiger partial charge >= 0.3 is 0 Å². The predicted octanol–water partition coefficient (Wildman–Crippen LogP) is 4.10. The fourth-order valence-corrected chi connectivity index (χ4v) is 3.87. The highest BCUT2D eigenvalue weighted by atomic mass is 35.5. The number of ether oxygens (including phenoxy) is 4. The lowest BCUT2D eigenvalue weighted by molar-refractivity contribution is -0.115. The molecule has 0 bridgehead atoms. The van der Waals surface area contributed by atoms with Crippen LogP contribution in [0.2, 0.25) is 5.02 Å². The smallest absolute Gasteiger partial charge is 0.237 e. The van der Waals surface area contributed by atoms with Crippen molar-refractivity contribution in [2.24, 2.45) is 0 Å². The van der Waals surface area contributed by atoms with Gasteiger partial charge in [0, 0.05) is 17.5 Å². The van der Waals surface area contributed by atoms with Crippen LogP contribution in [0.4, 0.5) is 5.69 Å². The van der Waals surface area contributed by atoms with Crippen LogP contribution in [0.5, 0.6) is 23.0 Å². The highest BCUT2D eigenvalue weighted by Gasteiger charge is 2.20. The Morgan fingerprint density at radius 3 is 2.78 bits per heavy atom. The van der Waals surface area contributed by atoms with Crippen LogP contribution in [0, 0.1) is 0 Å².